The van der Waals surface area contributed by atoms with Crippen LogP contribution in [0, 0.1) is 12.3 Å². The van der Waals surface area contributed by atoms with Crippen LogP contribution >= 0.6 is 0 Å². The summed E-state index contributed by atoms with van der Waals surface area (Å²) in [5.41, 5.74) is 6.31. The van der Waals surface area contributed by atoms with Crippen molar-refractivity contribution in [1.29, 1.82) is 0 Å². The molecule has 3 N–H and O–H groups in total. The Morgan fingerprint density at radius 2 is 2.00 bits per heavy atom. The molecule has 1 unspecified atom stereocenters. The van der Waals surface area contributed by atoms with Crippen molar-refractivity contribution in [2.45, 2.75) is 32.1 Å². The first-order chi connectivity index (χ1) is 9.14. The van der Waals surface area contributed by atoms with Crippen LogP contribution < -0.4 is 11.1 Å². The quantitative estimate of drug-likeness (QED) is 0.866. The number of nitrogens with one attached hydrogen (secondary N) is 1. The topological polar surface area (TPSA) is 89.3 Å². The minimum atomic E-state index is -3.30. The molecule has 5 nitrogen and oxygen atoms in total. The van der Waals surface area contributed by atoms with Crippen molar-refractivity contribution in [3.05, 3.63) is 23.8 Å². The zero-order chi connectivity index (χ0) is 15.6. The molecule has 0 aromatic heterocycles. The zero-order valence-corrected chi connectivity index (χ0v) is 13.2. The number of carbonyl (C=O) groups excluding carboxylic acids is 1. The monoisotopic (exact) mass is 298 g/mol. The Balaban J connectivity index is 3.13. The second-order valence-electron chi connectivity index (χ2n) is 5.32. The summed E-state index contributed by atoms with van der Waals surface area (Å²) >= 11 is 0. The van der Waals surface area contributed by atoms with Crippen LogP contribution in [-0.4, -0.2) is 27.1 Å². The Labute approximate surface area is 120 Å². The van der Waals surface area contributed by atoms with E-state index >= 15 is 0 Å². The fourth-order valence-electron chi connectivity index (χ4n) is 1.64. The molecule has 6 heteroatoms. The highest BCUT2D eigenvalue weighted by Gasteiger charge is 2.30. The first kappa shape index (κ1) is 16.7. The number of hydrogen-bond acceptors (Lipinski definition) is 4. The van der Waals surface area contributed by atoms with Crippen LogP contribution in [0.5, 0.6) is 0 Å². The Hall–Kier alpha value is -1.40. The van der Waals surface area contributed by atoms with E-state index in [1.807, 2.05) is 13.8 Å². The normalized spacial score (nSPS) is 14.7. The highest BCUT2D eigenvalue weighted by Crippen LogP contribution is 2.25. The van der Waals surface area contributed by atoms with Crippen molar-refractivity contribution in [2.24, 2.45) is 11.1 Å². The van der Waals surface area contributed by atoms with Gasteiger partial charge in [0.15, 0.2) is 9.84 Å². The molecule has 0 saturated carbocycles. The van der Waals surface area contributed by atoms with Crippen molar-refractivity contribution >= 4 is 21.4 Å². The van der Waals surface area contributed by atoms with Crippen LogP contribution in [0.25, 0.3) is 0 Å². The van der Waals surface area contributed by atoms with Gasteiger partial charge in [0.25, 0.3) is 0 Å². The number of anilines is 1. The van der Waals surface area contributed by atoms with Crippen LogP contribution in [0.1, 0.15) is 25.8 Å². The highest BCUT2D eigenvalue weighted by atomic mass is 32.2. The van der Waals surface area contributed by atoms with E-state index in [1.54, 1.807) is 13.0 Å². The first-order valence-corrected chi connectivity index (χ1v) is 8.35. The Bertz CT molecular complexity index is 605. The number of rotatable bonds is 5. The molecule has 0 spiro atoms. The minimum Gasteiger partial charge on any atom is -0.329 e. The molecule has 0 radical (unpaired) electrons. The third-order valence-electron chi connectivity index (χ3n) is 3.66. The van der Waals surface area contributed by atoms with Crippen LogP contribution in [0.15, 0.2) is 23.1 Å². The Kier molecular flexibility index (Phi) is 4.94. The summed E-state index contributed by atoms with van der Waals surface area (Å²) in [6.07, 6.45) is 1.75. The molecule has 0 fully saturated rings. The standard InChI is InChI=1S/C14H22N2O3S/c1-5-14(3,9-15)13(17)16-12-8-11(20(4,18)19)7-6-10(12)2/h6-8H,5,9,15H2,1-4H3,(H,16,17). The first-order valence-electron chi connectivity index (χ1n) is 6.46. The number of benzene rings is 1. The lowest BCUT2D eigenvalue weighted by atomic mass is 9.86. The largest absolute Gasteiger partial charge is 0.329 e. The summed E-state index contributed by atoms with van der Waals surface area (Å²) in [6, 6.07) is 4.69. The van der Waals surface area contributed by atoms with Crippen molar-refractivity contribution in [3.8, 4) is 0 Å². The van der Waals surface area contributed by atoms with E-state index in [-0.39, 0.29) is 17.3 Å². The van der Waals surface area contributed by atoms with Gasteiger partial charge in [0.05, 0.1) is 10.3 Å². The van der Waals surface area contributed by atoms with Gasteiger partial charge in [0.2, 0.25) is 5.91 Å². The van der Waals surface area contributed by atoms with Gasteiger partial charge in [0.1, 0.15) is 0 Å². The Morgan fingerprint density at radius 1 is 1.40 bits per heavy atom. The van der Waals surface area contributed by atoms with E-state index < -0.39 is 15.3 Å². The van der Waals surface area contributed by atoms with Crippen molar-refractivity contribution < 1.29 is 13.2 Å². The van der Waals surface area contributed by atoms with Gasteiger partial charge < -0.3 is 11.1 Å². The van der Waals surface area contributed by atoms with Gasteiger partial charge in [-0.05, 0) is 38.0 Å². The lowest BCUT2D eigenvalue weighted by Crippen LogP contribution is -2.39. The maximum atomic E-state index is 12.3. The van der Waals surface area contributed by atoms with E-state index in [4.69, 9.17) is 5.73 Å². The fourth-order valence-corrected chi connectivity index (χ4v) is 2.28. The average molecular weight is 298 g/mol. The number of aryl methyl sites for hydroxylation is 1. The van der Waals surface area contributed by atoms with E-state index in [2.05, 4.69) is 5.32 Å². The molecular formula is C14H22N2O3S. The second kappa shape index (κ2) is 5.93. The summed E-state index contributed by atoms with van der Waals surface area (Å²) in [6.45, 7) is 5.73. The van der Waals surface area contributed by atoms with Crippen LogP contribution in [0.3, 0.4) is 0 Å². The average Bonchev–Trinajstić information content (AvgIpc) is 2.38. The fraction of sp³-hybridized carbons (Fsp3) is 0.500. The lowest BCUT2D eigenvalue weighted by molar-refractivity contribution is -0.124. The molecule has 1 amide bonds. The number of carbonyl (C=O) groups is 1. The molecule has 1 aromatic rings. The summed E-state index contributed by atoms with van der Waals surface area (Å²) in [5, 5.41) is 2.78. The van der Waals surface area contributed by atoms with E-state index in [1.165, 1.54) is 12.1 Å². The van der Waals surface area contributed by atoms with Gasteiger partial charge in [-0.15, -0.1) is 0 Å². The number of sulfone groups is 1. The molecule has 0 aliphatic rings. The van der Waals surface area contributed by atoms with Crippen molar-refractivity contribution in [2.75, 3.05) is 18.1 Å². The van der Waals surface area contributed by atoms with Gasteiger partial charge in [-0.2, -0.15) is 0 Å². The second-order valence-corrected chi connectivity index (χ2v) is 7.34. The SMILES string of the molecule is CCC(C)(CN)C(=O)Nc1cc(S(C)(=O)=O)ccc1C. The van der Waals surface area contributed by atoms with Crippen LogP contribution in [0.2, 0.25) is 0 Å². The number of amides is 1. The summed E-state index contributed by atoms with van der Waals surface area (Å²) in [4.78, 5) is 12.5. The molecule has 1 aromatic carbocycles. The number of nitrogens with two attached hydrogens (primary N) is 1. The third kappa shape index (κ3) is 3.58. The molecule has 20 heavy (non-hydrogen) atoms. The molecule has 1 atom stereocenters. The van der Waals surface area contributed by atoms with E-state index in [9.17, 15) is 13.2 Å². The molecule has 0 aliphatic heterocycles. The summed E-state index contributed by atoms with van der Waals surface area (Å²) < 4.78 is 23.1. The summed E-state index contributed by atoms with van der Waals surface area (Å²) in [7, 11) is -3.30. The molecule has 0 saturated heterocycles. The van der Waals surface area contributed by atoms with Gasteiger partial charge in [-0.3, -0.25) is 4.79 Å². The van der Waals surface area contributed by atoms with Gasteiger partial charge in [0, 0.05) is 18.5 Å². The van der Waals surface area contributed by atoms with Crippen LogP contribution in [-0.2, 0) is 14.6 Å². The smallest absolute Gasteiger partial charge is 0.231 e. The summed E-state index contributed by atoms with van der Waals surface area (Å²) in [5.74, 6) is -0.198. The van der Waals surface area contributed by atoms with Gasteiger partial charge >= 0.3 is 0 Å². The predicted molar refractivity (Wildman–Crippen MR) is 80.4 cm³/mol. The van der Waals surface area contributed by atoms with Gasteiger partial charge in [-0.25, -0.2) is 8.42 Å². The molecular weight excluding hydrogens is 276 g/mol. The maximum Gasteiger partial charge on any atom is 0.231 e. The molecule has 0 aliphatic carbocycles. The zero-order valence-electron chi connectivity index (χ0n) is 12.4. The van der Waals surface area contributed by atoms with Crippen molar-refractivity contribution in [3.63, 3.8) is 0 Å². The molecule has 0 heterocycles. The Morgan fingerprint density at radius 3 is 2.45 bits per heavy atom. The molecule has 1 rings (SSSR count). The van der Waals surface area contributed by atoms with Crippen molar-refractivity contribution in [1.82, 2.24) is 0 Å². The highest BCUT2D eigenvalue weighted by molar-refractivity contribution is 7.90. The van der Waals surface area contributed by atoms with E-state index in [0.717, 1.165) is 11.8 Å². The predicted octanol–water partition coefficient (Wildman–Crippen LogP) is 1.71. The van der Waals surface area contributed by atoms with Crippen LogP contribution in [0.4, 0.5) is 5.69 Å². The number of hydrogen-bond donors (Lipinski definition) is 2. The molecule has 0 bridgehead atoms. The van der Waals surface area contributed by atoms with Gasteiger partial charge in [-0.1, -0.05) is 13.0 Å². The third-order valence-corrected chi connectivity index (χ3v) is 4.77. The lowest BCUT2D eigenvalue weighted by Gasteiger charge is -2.25. The van der Waals surface area contributed by atoms with E-state index in [0.29, 0.717) is 12.1 Å². The molecule has 112 valence electrons. The maximum absolute atomic E-state index is 12.3. The minimum absolute atomic E-state index is 0.185.